The third-order valence-corrected chi connectivity index (χ3v) is 7.36. The molecule has 120 valence electrons. The number of rotatable bonds is 6. The van der Waals surface area contributed by atoms with Crippen molar-refractivity contribution in [2.75, 3.05) is 13.6 Å². The molecule has 1 aromatic heterocycles. The molecule has 1 heterocycles. The van der Waals surface area contributed by atoms with Crippen molar-refractivity contribution in [3.05, 3.63) is 16.3 Å². The highest BCUT2D eigenvalue weighted by Crippen LogP contribution is 2.32. The van der Waals surface area contributed by atoms with Gasteiger partial charge in [-0.05, 0) is 36.8 Å². The van der Waals surface area contributed by atoms with Crippen LogP contribution in [0.1, 0.15) is 44.4 Å². The first-order valence-electron chi connectivity index (χ1n) is 7.72. The summed E-state index contributed by atoms with van der Waals surface area (Å²) in [7, 11) is -1.63. The normalized spacial score (nSPS) is 23.6. The van der Waals surface area contributed by atoms with Crippen LogP contribution in [0, 0.1) is 5.92 Å². The molecule has 2 unspecified atom stereocenters. The standard InChI is InChI=1S/C15H26N2O2S2/c1-4-16-11-14-15(8-9-20-14)21(18,19)17(3)13-7-5-6-12(2)10-13/h8-9,12-13,16H,4-7,10-11H2,1-3H3. The minimum Gasteiger partial charge on any atom is -0.312 e. The number of hydrogen-bond donors (Lipinski definition) is 1. The molecule has 0 bridgehead atoms. The zero-order valence-corrected chi connectivity index (χ0v) is 14.8. The quantitative estimate of drug-likeness (QED) is 0.872. The summed E-state index contributed by atoms with van der Waals surface area (Å²) in [5.74, 6) is 0.616. The summed E-state index contributed by atoms with van der Waals surface area (Å²) in [4.78, 5) is 1.39. The van der Waals surface area contributed by atoms with Gasteiger partial charge in [0.2, 0.25) is 10.0 Å². The van der Waals surface area contributed by atoms with Gasteiger partial charge >= 0.3 is 0 Å². The van der Waals surface area contributed by atoms with Gasteiger partial charge in [0.25, 0.3) is 0 Å². The topological polar surface area (TPSA) is 49.4 Å². The van der Waals surface area contributed by atoms with Gasteiger partial charge < -0.3 is 5.32 Å². The molecule has 2 atom stereocenters. The van der Waals surface area contributed by atoms with Gasteiger partial charge in [0, 0.05) is 24.5 Å². The molecule has 0 aliphatic heterocycles. The van der Waals surface area contributed by atoms with Crippen molar-refractivity contribution >= 4 is 21.4 Å². The molecule has 1 N–H and O–H groups in total. The molecule has 2 rings (SSSR count). The van der Waals surface area contributed by atoms with Crippen molar-refractivity contribution < 1.29 is 8.42 Å². The lowest BCUT2D eigenvalue weighted by Crippen LogP contribution is -2.40. The van der Waals surface area contributed by atoms with E-state index in [2.05, 4.69) is 12.2 Å². The Labute approximate surface area is 132 Å². The third-order valence-electron chi connectivity index (χ3n) is 4.32. The summed E-state index contributed by atoms with van der Waals surface area (Å²) in [6.07, 6.45) is 4.29. The van der Waals surface area contributed by atoms with Crippen LogP contribution in [0.15, 0.2) is 16.3 Å². The number of nitrogens with zero attached hydrogens (tertiary/aromatic N) is 1. The molecule has 0 amide bonds. The highest BCUT2D eigenvalue weighted by Gasteiger charge is 2.32. The molecule has 1 aromatic rings. The predicted molar refractivity (Wildman–Crippen MR) is 88.1 cm³/mol. The van der Waals surface area contributed by atoms with E-state index in [1.165, 1.54) is 17.8 Å². The molecule has 6 heteroatoms. The Bertz CT molecular complexity index is 554. The molecule has 0 aromatic carbocycles. The Hall–Kier alpha value is -0.430. The van der Waals surface area contributed by atoms with Crippen LogP contribution in [0.5, 0.6) is 0 Å². The summed E-state index contributed by atoms with van der Waals surface area (Å²) in [5, 5.41) is 5.09. The van der Waals surface area contributed by atoms with E-state index < -0.39 is 10.0 Å². The van der Waals surface area contributed by atoms with E-state index in [4.69, 9.17) is 0 Å². The van der Waals surface area contributed by atoms with Crippen molar-refractivity contribution in [3.63, 3.8) is 0 Å². The number of nitrogens with one attached hydrogen (secondary N) is 1. The number of sulfonamides is 1. The lowest BCUT2D eigenvalue weighted by molar-refractivity contribution is 0.239. The molecule has 4 nitrogen and oxygen atoms in total. The van der Waals surface area contributed by atoms with Crippen LogP contribution in [0.2, 0.25) is 0 Å². The molecular weight excluding hydrogens is 304 g/mol. The molecule has 1 fully saturated rings. The van der Waals surface area contributed by atoms with Gasteiger partial charge in [-0.15, -0.1) is 11.3 Å². The maximum Gasteiger partial charge on any atom is 0.244 e. The SMILES string of the molecule is CCNCc1sccc1S(=O)(=O)N(C)C1CCCC(C)C1. The Kier molecular flexibility index (Phi) is 5.82. The Morgan fingerprint density at radius 2 is 2.19 bits per heavy atom. The lowest BCUT2D eigenvalue weighted by Gasteiger charge is -2.33. The molecular formula is C15H26N2O2S2. The van der Waals surface area contributed by atoms with Crippen molar-refractivity contribution in [3.8, 4) is 0 Å². The number of hydrogen-bond acceptors (Lipinski definition) is 4. The lowest BCUT2D eigenvalue weighted by atomic mass is 9.87. The van der Waals surface area contributed by atoms with E-state index in [0.717, 1.165) is 30.7 Å². The van der Waals surface area contributed by atoms with E-state index in [0.29, 0.717) is 17.4 Å². The average molecular weight is 331 g/mol. The Balaban J connectivity index is 2.19. The van der Waals surface area contributed by atoms with Crippen LogP contribution in [0.4, 0.5) is 0 Å². The summed E-state index contributed by atoms with van der Waals surface area (Å²) >= 11 is 1.51. The monoisotopic (exact) mass is 330 g/mol. The van der Waals surface area contributed by atoms with Crippen LogP contribution >= 0.6 is 11.3 Å². The summed E-state index contributed by atoms with van der Waals surface area (Å²) in [6, 6.07) is 1.89. The van der Waals surface area contributed by atoms with Gasteiger partial charge in [0.1, 0.15) is 0 Å². The highest BCUT2D eigenvalue weighted by atomic mass is 32.2. The predicted octanol–water partition coefficient (Wildman–Crippen LogP) is 3.06. The van der Waals surface area contributed by atoms with Crippen LogP contribution in [-0.4, -0.2) is 32.4 Å². The molecule has 21 heavy (non-hydrogen) atoms. The second-order valence-electron chi connectivity index (χ2n) is 5.94. The van der Waals surface area contributed by atoms with E-state index in [9.17, 15) is 8.42 Å². The van der Waals surface area contributed by atoms with Crippen molar-refractivity contribution in [2.24, 2.45) is 5.92 Å². The van der Waals surface area contributed by atoms with Crippen molar-refractivity contribution in [1.82, 2.24) is 9.62 Å². The first-order chi connectivity index (χ1) is 9.96. The minimum atomic E-state index is -3.38. The first kappa shape index (κ1) is 16.9. The molecule has 0 radical (unpaired) electrons. The van der Waals surface area contributed by atoms with E-state index >= 15 is 0 Å². The van der Waals surface area contributed by atoms with Crippen LogP contribution in [0.25, 0.3) is 0 Å². The van der Waals surface area contributed by atoms with Gasteiger partial charge in [-0.25, -0.2) is 8.42 Å². The smallest absolute Gasteiger partial charge is 0.244 e. The fourth-order valence-electron chi connectivity index (χ4n) is 3.01. The van der Waals surface area contributed by atoms with Gasteiger partial charge in [-0.1, -0.05) is 26.7 Å². The van der Waals surface area contributed by atoms with Gasteiger partial charge in [0.05, 0.1) is 4.90 Å². The second kappa shape index (κ2) is 7.22. The maximum absolute atomic E-state index is 12.9. The maximum atomic E-state index is 12.9. The molecule has 1 aliphatic carbocycles. The van der Waals surface area contributed by atoms with Crippen LogP contribution < -0.4 is 5.32 Å². The zero-order chi connectivity index (χ0) is 15.5. The largest absolute Gasteiger partial charge is 0.312 e. The zero-order valence-electron chi connectivity index (χ0n) is 13.1. The van der Waals surface area contributed by atoms with E-state index in [1.54, 1.807) is 17.4 Å². The van der Waals surface area contributed by atoms with E-state index in [1.807, 2.05) is 12.3 Å². The average Bonchev–Trinajstić information content (AvgIpc) is 2.93. The van der Waals surface area contributed by atoms with Crippen LogP contribution in [-0.2, 0) is 16.6 Å². The fraction of sp³-hybridized carbons (Fsp3) is 0.733. The van der Waals surface area contributed by atoms with Gasteiger partial charge in [-0.3, -0.25) is 0 Å². The van der Waals surface area contributed by atoms with Crippen LogP contribution in [0.3, 0.4) is 0 Å². The third kappa shape index (κ3) is 3.86. The summed E-state index contributed by atoms with van der Waals surface area (Å²) in [5.41, 5.74) is 0. The molecule has 1 aliphatic rings. The molecule has 1 saturated carbocycles. The fourth-order valence-corrected chi connectivity index (χ4v) is 5.79. The van der Waals surface area contributed by atoms with Gasteiger partial charge in [0.15, 0.2) is 0 Å². The Morgan fingerprint density at radius 3 is 2.86 bits per heavy atom. The summed E-state index contributed by atoms with van der Waals surface area (Å²) in [6.45, 7) is 5.70. The van der Waals surface area contributed by atoms with Gasteiger partial charge in [-0.2, -0.15) is 4.31 Å². The second-order valence-corrected chi connectivity index (χ2v) is 8.90. The highest BCUT2D eigenvalue weighted by molar-refractivity contribution is 7.89. The number of thiophene rings is 1. The van der Waals surface area contributed by atoms with E-state index in [-0.39, 0.29) is 6.04 Å². The van der Waals surface area contributed by atoms with Crippen molar-refractivity contribution in [1.29, 1.82) is 0 Å². The van der Waals surface area contributed by atoms with Crippen molar-refractivity contribution in [2.45, 2.75) is 57.0 Å². The molecule has 0 saturated heterocycles. The first-order valence-corrected chi connectivity index (χ1v) is 10.0. The Morgan fingerprint density at radius 1 is 1.43 bits per heavy atom. The summed E-state index contributed by atoms with van der Waals surface area (Å²) < 4.78 is 27.4. The molecule has 0 spiro atoms. The minimum absolute atomic E-state index is 0.144.